The lowest BCUT2D eigenvalue weighted by Crippen LogP contribution is -2.35. The number of aromatic nitrogens is 2. The van der Waals surface area contributed by atoms with Crippen LogP contribution >= 0.6 is 0 Å². The van der Waals surface area contributed by atoms with Gasteiger partial charge in [0.1, 0.15) is 0 Å². The Morgan fingerprint density at radius 3 is 2.78 bits per heavy atom. The van der Waals surface area contributed by atoms with Gasteiger partial charge in [-0.1, -0.05) is 0 Å². The maximum Gasteiger partial charge on any atom is 0.325 e. The van der Waals surface area contributed by atoms with Gasteiger partial charge >= 0.3 is 5.69 Å². The Balaban J connectivity index is 2.14. The topological polar surface area (TPSA) is 124 Å². The van der Waals surface area contributed by atoms with Gasteiger partial charge in [0, 0.05) is 12.7 Å². The highest BCUT2D eigenvalue weighted by molar-refractivity contribution is 7.89. The van der Waals surface area contributed by atoms with E-state index in [1.807, 2.05) is 4.98 Å². The van der Waals surface area contributed by atoms with Gasteiger partial charge in [0.2, 0.25) is 10.0 Å². The lowest BCUT2D eigenvalue weighted by atomic mass is 10.1. The zero-order chi connectivity index (χ0) is 13.2. The summed E-state index contributed by atoms with van der Waals surface area (Å²) in [5, 5.41) is 3.12. The molecule has 0 bridgehead atoms. The van der Waals surface area contributed by atoms with Crippen LogP contribution < -0.4 is 21.3 Å². The van der Waals surface area contributed by atoms with E-state index < -0.39 is 26.2 Å². The van der Waals surface area contributed by atoms with E-state index in [0.717, 1.165) is 25.7 Å². The Labute approximate surface area is 103 Å². The predicted molar refractivity (Wildman–Crippen MR) is 63.8 cm³/mol. The molecule has 1 unspecified atom stereocenters. The molecule has 9 heteroatoms. The van der Waals surface area contributed by atoms with Crippen molar-refractivity contribution in [2.24, 2.45) is 5.92 Å². The van der Waals surface area contributed by atoms with Gasteiger partial charge in [-0.25, -0.2) is 17.9 Å². The van der Waals surface area contributed by atoms with Crippen molar-refractivity contribution in [3.63, 3.8) is 0 Å². The summed E-state index contributed by atoms with van der Waals surface area (Å²) in [5.74, 6) is 0.224. The second-order valence-electron chi connectivity index (χ2n) is 4.15. The average molecular weight is 274 g/mol. The van der Waals surface area contributed by atoms with Gasteiger partial charge < -0.3 is 10.3 Å². The number of rotatable bonds is 4. The monoisotopic (exact) mass is 274 g/mol. The fourth-order valence-corrected chi connectivity index (χ4v) is 2.91. The van der Waals surface area contributed by atoms with Crippen LogP contribution in [0.2, 0.25) is 0 Å². The molecule has 1 aliphatic rings. The number of H-pyrrole nitrogens is 2. The number of nitrogens with one attached hydrogen (secondary N) is 4. The summed E-state index contributed by atoms with van der Waals surface area (Å²) in [6, 6.07) is 0. The quantitative estimate of drug-likeness (QED) is 0.503. The third-order valence-corrected chi connectivity index (χ3v) is 4.23. The van der Waals surface area contributed by atoms with Gasteiger partial charge in [0.15, 0.2) is 4.90 Å². The van der Waals surface area contributed by atoms with E-state index in [1.54, 1.807) is 0 Å². The van der Waals surface area contributed by atoms with Crippen LogP contribution in [-0.2, 0) is 10.0 Å². The molecular formula is C9H14N4O4S. The van der Waals surface area contributed by atoms with Crippen LogP contribution in [-0.4, -0.2) is 38.0 Å². The van der Waals surface area contributed by atoms with Gasteiger partial charge in [0.05, 0.1) is 0 Å². The molecule has 0 radical (unpaired) electrons. The highest BCUT2D eigenvalue weighted by Gasteiger charge is 2.21. The maximum atomic E-state index is 11.8. The first-order valence-corrected chi connectivity index (χ1v) is 7.00. The van der Waals surface area contributed by atoms with Crippen LogP contribution in [0.25, 0.3) is 0 Å². The lowest BCUT2D eigenvalue weighted by molar-refractivity contribution is 0.537. The number of sulfonamides is 1. The van der Waals surface area contributed by atoms with Crippen molar-refractivity contribution < 1.29 is 8.42 Å². The van der Waals surface area contributed by atoms with Crippen LogP contribution in [0, 0.1) is 5.92 Å². The first-order valence-electron chi connectivity index (χ1n) is 5.51. The molecule has 1 saturated heterocycles. The van der Waals surface area contributed by atoms with Crippen molar-refractivity contribution in [2.45, 2.75) is 11.3 Å². The Bertz CT molecular complexity index is 626. The average Bonchev–Trinajstić information content (AvgIpc) is 2.78. The molecule has 2 rings (SSSR count). The van der Waals surface area contributed by atoms with Gasteiger partial charge in [-0.3, -0.25) is 9.78 Å². The van der Waals surface area contributed by atoms with Crippen LogP contribution in [0.15, 0.2) is 20.7 Å². The fourth-order valence-electron chi connectivity index (χ4n) is 1.79. The van der Waals surface area contributed by atoms with Crippen molar-refractivity contribution >= 4 is 10.0 Å². The second-order valence-corrected chi connectivity index (χ2v) is 5.88. The molecule has 18 heavy (non-hydrogen) atoms. The van der Waals surface area contributed by atoms with E-state index in [9.17, 15) is 18.0 Å². The number of aromatic amines is 2. The second kappa shape index (κ2) is 5.04. The summed E-state index contributed by atoms with van der Waals surface area (Å²) in [5.41, 5.74) is -1.66. The van der Waals surface area contributed by atoms with Crippen LogP contribution in [0.4, 0.5) is 0 Å². The Morgan fingerprint density at radius 1 is 1.39 bits per heavy atom. The largest absolute Gasteiger partial charge is 0.325 e. The van der Waals surface area contributed by atoms with Crippen LogP contribution in [0.3, 0.4) is 0 Å². The summed E-state index contributed by atoms with van der Waals surface area (Å²) in [7, 11) is -3.89. The molecule has 1 aromatic heterocycles. The minimum absolute atomic E-state index is 0.224. The normalized spacial score (nSPS) is 20.1. The van der Waals surface area contributed by atoms with E-state index in [4.69, 9.17) is 0 Å². The number of hydrogen-bond acceptors (Lipinski definition) is 5. The standard InChI is InChI=1S/C9H14N4O4S/c14-8-7(5-11-9(15)13-8)18(16,17)12-4-6-1-2-10-3-6/h5-6,10,12H,1-4H2,(H2,11,13,14,15). The molecule has 1 fully saturated rings. The van der Waals surface area contributed by atoms with Crippen molar-refractivity contribution in [3.8, 4) is 0 Å². The smallest absolute Gasteiger partial charge is 0.316 e. The van der Waals surface area contributed by atoms with Crippen LogP contribution in [0.1, 0.15) is 6.42 Å². The van der Waals surface area contributed by atoms with Gasteiger partial charge in [-0.05, 0) is 25.4 Å². The summed E-state index contributed by atoms with van der Waals surface area (Å²) in [6.45, 7) is 1.89. The van der Waals surface area contributed by atoms with E-state index in [1.165, 1.54) is 0 Å². The third kappa shape index (κ3) is 2.86. The SMILES string of the molecule is O=c1[nH]cc(S(=O)(=O)NCC2CCNC2)c(=O)[nH]1. The van der Waals surface area contributed by atoms with Crippen LogP contribution in [0.5, 0.6) is 0 Å². The Morgan fingerprint density at radius 2 is 2.17 bits per heavy atom. The third-order valence-electron chi connectivity index (χ3n) is 2.80. The van der Waals surface area contributed by atoms with E-state index >= 15 is 0 Å². The Hall–Kier alpha value is -1.45. The summed E-state index contributed by atoms with van der Waals surface area (Å²) in [4.78, 5) is 25.7. The van der Waals surface area contributed by atoms with Gasteiger partial charge in [0.25, 0.3) is 5.56 Å². The summed E-state index contributed by atoms with van der Waals surface area (Å²) >= 11 is 0. The van der Waals surface area contributed by atoms with E-state index in [-0.39, 0.29) is 12.5 Å². The zero-order valence-electron chi connectivity index (χ0n) is 9.52. The zero-order valence-corrected chi connectivity index (χ0v) is 10.3. The highest BCUT2D eigenvalue weighted by Crippen LogP contribution is 2.07. The molecule has 100 valence electrons. The molecule has 0 aliphatic carbocycles. The summed E-state index contributed by atoms with van der Waals surface area (Å²) < 4.78 is 26.1. The number of hydrogen-bond donors (Lipinski definition) is 4. The molecule has 0 amide bonds. The highest BCUT2D eigenvalue weighted by atomic mass is 32.2. The van der Waals surface area contributed by atoms with Crippen molar-refractivity contribution in [2.75, 3.05) is 19.6 Å². The molecule has 0 aromatic carbocycles. The van der Waals surface area contributed by atoms with Crippen molar-refractivity contribution in [1.82, 2.24) is 20.0 Å². The lowest BCUT2D eigenvalue weighted by Gasteiger charge is -2.09. The Kier molecular flexibility index (Phi) is 3.64. The summed E-state index contributed by atoms with van der Waals surface area (Å²) in [6.07, 6.45) is 1.79. The van der Waals surface area contributed by atoms with Gasteiger partial charge in [-0.15, -0.1) is 0 Å². The molecule has 0 saturated carbocycles. The molecule has 8 nitrogen and oxygen atoms in total. The molecule has 1 aliphatic heterocycles. The first-order chi connectivity index (χ1) is 8.49. The minimum atomic E-state index is -3.89. The molecule has 1 aromatic rings. The van der Waals surface area contributed by atoms with E-state index in [2.05, 4.69) is 15.0 Å². The fraction of sp³-hybridized carbons (Fsp3) is 0.556. The van der Waals surface area contributed by atoms with Crippen molar-refractivity contribution in [3.05, 3.63) is 27.0 Å². The minimum Gasteiger partial charge on any atom is -0.316 e. The van der Waals surface area contributed by atoms with Crippen molar-refractivity contribution in [1.29, 1.82) is 0 Å². The molecule has 4 N–H and O–H groups in total. The molecule has 2 heterocycles. The first kappa shape index (κ1) is 13.0. The molecule has 1 atom stereocenters. The molecule has 0 spiro atoms. The maximum absolute atomic E-state index is 11.8. The molecular weight excluding hydrogens is 260 g/mol. The van der Waals surface area contributed by atoms with E-state index in [0.29, 0.717) is 0 Å². The predicted octanol–water partition coefficient (Wildman–Crippen LogP) is -2.05. The van der Waals surface area contributed by atoms with Gasteiger partial charge in [-0.2, -0.15) is 0 Å².